The van der Waals surface area contributed by atoms with Crippen LogP contribution in [0.3, 0.4) is 0 Å². The molecule has 2 aliphatic heterocycles. The smallest absolute Gasteiger partial charge is 0.326 e. The van der Waals surface area contributed by atoms with Crippen LogP contribution in [0.4, 0.5) is 0 Å². The fourth-order valence-electron chi connectivity index (χ4n) is 2.86. The molecule has 3 heteroatoms. The van der Waals surface area contributed by atoms with Gasteiger partial charge in [0, 0.05) is 25.0 Å². The number of likely N-dealkylation sites (tertiary alicyclic amines) is 2. The van der Waals surface area contributed by atoms with E-state index < -0.39 is 0 Å². The molecule has 0 unspecified atom stereocenters. The molecule has 0 aromatic carbocycles. The van der Waals surface area contributed by atoms with Crippen LogP contribution in [0.2, 0.25) is 0 Å². The monoisotopic (exact) mass is 220 g/mol. The van der Waals surface area contributed by atoms with Crippen LogP contribution in [0.15, 0.2) is 0 Å². The van der Waals surface area contributed by atoms with Crippen LogP contribution in [-0.2, 0) is 0 Å². The second-order valence-electron chi connectivity index (χ2n) is 5.13. The van der Waals surface area contributed by atoms with Crippen LogP contribution in [0.25, 0.3) is 0 Å². The molecule has 2 aliphatic rings. The maximum Gasteiger partial charge on any atom is 1.00 e. The van der Waals surface area contributed by atoms with E-state index in [0.717, 1.165) is 0 Å². The summed E-state index contributed by atoms with van der Waals surface area (Å²) in [6.07, 6.45) is 5.02. The first-order chi connectivity index (χ1) is 6.18. The molecule has 14 heavy (non-hydrogen) atoms. The van der Waals surface area contributed by atoms with E-state index in [1.165, 1.54) is 45.6 Å². The predicted molar refractivity (Wildman–Crippen MR) is 55.6 cm³/mol. The summed E-state index contributed by atoms with van der Waals surface area (Å²) in [7, 11) is 2.21. The molecule has 2 nitrogen and oxygen atoms in total. The fourth-order valence-corrected chi connectivity index (χ4v) is 2.86. The van der Waals surface area contributed by atoms with Crippen molar-refractivity contribution in [2.45, 2.75) is 19.8 Å². The molecular formula is C11H21KN2. The topological polar surface area (TPSA) is 6.48 Å². The van der Waals surface area contributed by atoms with Crippen molar-refractivity contribution in [2.24, 2.45) is 5.41 Å². The van der Waals surface area contributed by atoms with Crippen LogP contribution in [0, 0.1) is 11.8 Å². The van der Waals surface area contributed by atoms with Crippen LogP contribution in [0.5, 0.6) is 0 Å². The Labute approximate surface area is 131 Å². The van der Waals surface area contributed by atoms with Crippen molar-refractivity contribution in [1.82, 2.24) is 9.80 Å². The first-order valence-corrected chi connectivity index (χ1v) is 5.41. The average molecular weight is 220 g/mol. The Morgan fingerprint density at radius 2 is 1.79 bits per heavy atom. The van der Waals surface area contributed by atoms with E-state index in [-0.39, 0.29) is 51.4 Å². The molecule has 0 aromatic heterocycles. The van der Waals surface area contributed by atoms with Crippen LogP contribution in [-0.4, -0.2) is 49.6 Å². The van der Waals surface area contributed by atoms with Crippen LogP contribution >= 0.6 is 0 Å². The minimum absolute atomic E-state index is 0. The third kappa shape index (κ3) is 3.54. The van der Waals surface area contributed by atoms with Gasteiger partial charge in [0.05, 0.1) is 0 Å². The van der Waals surface area contributed by atoms with E-state index in [4.69, 9.17) is 0 Å². The Balaban J connectivity index is 0.000000980. The average Bonchev–Trinajstić information content (AvgIpc) is 2.03. The molecule has 0 atom stereocenters. The minimum atomic E-state index is 0. The van der Waals surface area contributed by atoms with E-state index in [0.29, 0.717) is 5.41 Å². The third-order valence-electron chi connectivity index (χ3n) is 3.21. The van der Waals surface area contributed by atoms with E-state index in [1.807, 2.05) is 0 Å². The van der Waals surface area contributed by atoms with Gasteiger partial charge in [-0.3, -0.25) is 0 Å². The Hall–Kier alpha value is 1.56. The van der Waals surface area contributed by atoms with Gasteiger partial charge in [-0.25, -0.2) is 0 Å². The SMILES string of the molecule is CN1CC(C)(CN2CC[CH-]CC2)C1.[K+]. The molecule has 0 spiro atoms. The summed E-state index contributed by atoms with van der Waals surface area (Å²) in [5.74, 6) is 0. The zero-order valence-corrected chi connectivity index (χ0v) is 13.0. The summed E-state index contributed by atoms with van der Waals surface area (Å²) < 4.78 is 0. The van der Waals surface area contributed by atoms with Crippen molar-refractivity contribution in [3.8, 4) is 0 Å². The third-order valence-corrected chi connectivity index (χ3v) is 3.21. The first kappa shape index (κ1) is 13.6. The molecule has 76 valence electrons. The molecule has 2 rings (SSSR count). The van der Waals surface area contributed by atoms with E-state index in [1.54, 1.807) is 0 Å². The van der Waals surface area contributed by atoms with Crippen molar-refractivity contribution in [3.63, 3.8) is 0 Å². The van der Waals surface area contributed by atoms with Gasteiger partial charge in [0.15, 0.2) is 0 Å². The molecule has 0 aromatic rings. The molecule has 0 amide bonds. The van der Waals surface area contributed by atoms with Crippen molar-refractivity contribution >= 4 is 0 Å². The standard InChI is InChI=1S/C11H21N2.K/c1-11(8-12(2)9-11)10-13-6-4-3-5-7-13;/h3H,4-10H2,1-2H3;/q-1;+1. The maximum absolute atomic E-state index is 2.63. The van der Waals surface area contributed by atoms with Gasteiger partial charge in [0.25, 0.3) is 0 Å². The van der Waals surface area contributed by atoms with Gasteiger partial charge in [-0.1, -0.05) is 6.92 Å². The summed E-state index contributed by atoms with van der Waals surface area (Å²) in [4.78, 5) is 5.04. The second kappa shape index (κ2) is 5.76. The van der Waals surface area contributed by atoms with Gasteiger partial charge in [0.1, 0.15) is 0 Å². The van der Waals surface area contributed by atoms with Crippen LogP contribution in [0.1, 0.15) is 19.8 Å². The van der Waals surface area contributed by atoms with Gasteiger partial charge in [-0.05, 0) is 20.1 Å². The predicted octanol–water partition coefficient (Wildman–Crippen LogP) is -1.76. The normalized spacial score (nSPS) is 27.9. The summed E-state index contributed by atoms with van der Waals surface area (Å²) in [5.41, 5.74) is 0.589. The summed E-state index contributed by atoms with van der Waals surface area (Å²) in [6.45, 7) is 8.88. The molecule has 0 aliphatic carbocycles. The molecule has 0 N–H and O–H groups in total. The number of rotatable bonds is 2. The van der Waals surface area contributed by atoms with E-state index in [2.05, 4.69) is 30.2 Å². The second-order valence-corrected chi connectivity index (χ2v) is 5.13. The zero-order chi connectivity index (χ0) is 9.31. The molecule has 0 radical (unpaired) electrons. The molecular weight excluding hydrogens is 199 g/mol. The quantitative estimate of drug-likeness (QED) is 0.402. The first-order valence-electron chi connectivity index (χ1n) is 5.41. The van der Waals surface area contributed by atoms with Crippen molar-refractivity contribution in [3.05, 3.63) is 6.42 Å². The minimum Gasteiger partial charge on any atom is -0.326 e. The summed E-state index contributed by atoms with van der Waals surface area (Å²) in [5, 5.41) is 0. The Morgan fingerprint density at radius 3 is 2.29 bits per heavy atom. The number of hydrogen-bond donors (Lipinski definition) is 0. The Morgan fingerprint density at radius 1 is 1.21 bits per heavy atom. The summed E-state index contributed by atoms with van der Waals surface area (Å²) in [6, 6.07) is 0. The van der Waals surface area contributed by atoms with Gasteiger partial charge in [-0.2, -0.15) is 12.8 Å². The van der Waals surface area contributed by atoms with Crippen molar-refractivity contribution in [2.75, 3.05) is 39.8 Å². The van der Waals surface area contributed by atoms with Gasteiger partial charge in [0.2, 0.25) is 0 Å². The zero-order valence-electron chi connectivity index (χ0n) is 9.92. The molecule has 0 bridgehead atoms. The molecule has 2 saturated heterocycles. The summed E-state index contributed by atoms with van der Waals surface area (Å²) >= 11 is 0. The maximum atomic E-state index is 2.63. The van der Waals surface area contributed by atoms with E-state index in [9.17, 15) is 0 Å². The van der Waals surface area contributed by atoms with Crippen LogP contribution < -0.4 is 51.4 Å². The Kier molecular flexibility index (Phi) is 5.60. The Bertz CT molecular complexity index is 172. The molecule has 2 fully saturated rings. The number of hydrogen-bond acceptors (Lipinski definition) is 2. The fraction of sp³-hybridized carbons (Fsp3) is 0.909. The number of nitrogens with zero attached hydrogens (tertiary/aromatic N) is 2. The van der Waals surface area contributed by atoms with E-state index >= 15 is 0 Å². The largest absolute Gasteiger partial charge is 1.00 e. The molecule has 0 saturated carbocycles. The molecule has 2 heterocycles. The van der Waals surface area contributed by atoms with Gasteiger partial charge >= 0.3 is 51.4 Å². The van der Waals surface area contributed by atoms with Crippen molar-refractivity contribution < 1.29 is 51.4 Å². The number of piperidine rings is 1. The van der Waals surface area contributed by atoms with Gasteiger partial charge in [-0.15, -0.1) is 0 Å². The van der Waals surface area contributed by atoms with Gasteiger partial charge < -0.3 is 16.2 Å². The van der Waals surface area contributed by atoms with Crippen molar-refractivity contribution in [1.29, 1.82) is 0 Å².